The lowest BCUT2D eigenvalue weighted by Crippen LogP contribution is -2.41. The zero-order chi connectivity index (χ0) is 20.3. The van der Waals surface area contributed by atoms with Crippen LogP contribution in [0.25, 0.3) is 0 Å². The summed E-state index contributed by atoms with van der Waals surface area (Å²) in [5.74, 6) is -1.20. The Hall–Kier alpha value is -2.45. The number of carbonyl (C=O) groups is 1. The van der Waals surface area contributed by atoms with Crippen molar-refractivity contribution in [2.45, 2.75) is 36.8 Å². The average molecular weight is 407 g/mol. The van der Waals surface area contributed by atoms with Gasteiger partial charge < -0.3 is 9.47 Å². The molecule has 0 aromatic heterocycles. The summed E-state index contributed by atoms with van der Waals surface area (Å²) in [4.78, 5) is 12.3. The van der Waals surface area contributed by atoms with E-state index in [-0.39, 0.29) is 23.6 Å². The maximum Gasteiger partial charge on any atom is 0.324 e. The molecule has 1 saturated heterocycles. The largest absolute Gasteiger partial charge is 0.486 e. The molecule has 6 nitrogen and oxygen atoms in total. The first-order chi connectivity index (χ1) is 13.4. The molecule has 0 radical (unpaired) electrons. The fourth-order valence-electron chi connectivity index (χ4n) is 3.22. The second kappa shape index (κ2) is 8.28. The van der Waals surface area contributed by atoms with Crippen LogP contribution in [0.1, 0.15) is 18.9 Å². The third-order valence-electron chi connectivity index (χ3n) is 4.76. The highest BCUT2D eigenvalue weighted by Crippen LogP contribution is 2.30. The van der Waals surface area contributed by atoms with Gasteiger partial charge in [0.25, 0.3) is 0 Å². The summed E-state index contributed by atoms with van der Waals surface area (Å²) >= 11 is 0. The summed E-state index contributed by atoms with van der Waals surface area (Å²) in [5, 5.41) is 0. The summed E-state index contributed by atoms with van der Waals surface area (Å²) in [5.41, 5.74) is 1.01. The van der Waals surface area contributed by atoms with Crippen molar-refractivity contribution in [2.24, 2.45) is 0 Å². The van der Waals surface area contributed by atoms with Crippen LogP contribution in [0.3, 0.4) is 0 Å². The molecule has 1 heterocycles. The minimum Gasteiger partial charge on any atom is -0.486 e. The molecule has 2 aromatic rings. The second-order valence-electron chi connectivity index (χ2n) is 6.52. The lowest BCUT2D eigenvalue weighted by atomic mass is 10.2. The molecule has 1 aliphatic heterocycles. The van der Waals surface area contributed by atoms with Crippen molar-refractivity contribution in [1.29, 1.82) is 0 Å². The zero-order valence-electron chi connectivity index (χ0n) is 15.7. The topological polar surface area (TPSA) is 72.9 Å². The van der Waals surface area contributed by atoms with Gasteiger partial charge in [-0.2, -0.15) is 4.31 Å². The fourth-order valence-corrected chi connectivity index (χ4v) is 4.84. The van der Waals surface area contributed by atoms with E-state index in [1.807, 2.05) is 6.92 Å². The number of para-hydroxylation sites is 1. The van der Waals surface area contributed by atoms with E-state index in [1.54, 1.807) is 18.2 Å². The van der Waals surface area contributed by atoms with Crippen LogP contribution in [0.2, 0.25) is 0 Å². The van der Waals surface area contributed by atoms with Crippen LogP contribution in [-0.2, 0) is 26.0 Å². The molecule has 0 amide bonds. The number of benzene rings is 2. The van der Waals surface area contributed by atoms with Crippen LogP contribution in [0.15, 0.2) is 53.4 Å². The summed E-state index contributed by atoms with van der Waals surface area (Å²) in [6.45, 7) is 1.90. The standard InChI is InChI=1S/C20H22FNO5S/c1-3-14-8-10-16(11-9-14)28(24,25)22-13-15(12-18(22)20(23)26-2)27-19-7-5-4-6-17(19)21/h4-11,15,18H,3,12-13H2,1-2H3. The molecule has 0 N–H and O–H groups in total. The molecule has 0 saturated carbocycles. The Labute approximate surface area is 163 Å². The Morgan fingerprint density at radius 3 is 2.46 bits per heavy atom. The normalized spacial score (nSPS) is 20.1. The lowest BCUT2D eigenvalue weighted by molar-refractivity contribution is -0.144. The van der Waals surface area contributed by atoms with Gasteiger partial charge in [0.15, 0.2) is 11.6 Å². The molecule has 3 rings (SSSR count). The predicted molar refractivity (Wildman–Crippen MR) is 101 cm³/mol. The molecule has 8 heteroatoms. The van der Waals surface area contributed by atoms with Crippen LogP contribution < -0.4 is 4.74 Å². The Bertz CT molecular complexity index is 945. The smallest absolute Gasteiger partial charge is 0.324 e. The number of hydrogen-bond acceptors (Lipinski definition) is 5. The monoisotopic (exact) mass is 407 g/mol. The van der Waals surface area contributed by atoms with Crippen LogP contribution in [0, 0.1) is 5.82 Å². The van der Waals surface area contributed by atoms with E-state index >= 15 is 0 Å². The highest BCUT2D eigenvalue weighted by atomic mass is 32.2. The SMILES string of the molecule is CCc1ccc(S(=O)(=O)N2CC(Oc3ccccc3F)CC2C(=O)OC)cc1. The van der Waals surface area contributed by atoms with Crippen molar-refractivity contribution in [3.05, 3.63) is 59.9 Å². The number of ether oxygens (including phenoxy) is 2. The molecule has 2 aromatic carbocycles. The number of carbonyl (C=O) groups excluding carboxylic acids is 1. The summed E-state index contributed by atoms with van der Waals surface area (Å²) in [7, 11) is -2.74. The Balaban J connectivity index is 1.88. The maximum absolute atomic E-state index is 13.9. The third-order valence-corrected chi connectivity index (χ3v) is 6.65. The maximum atomic E-state index is 13.9. The first-order valence-corrected chi connectivity index (χ1v) is 10.4. The molecular weight excluding hydrogens is 385 g/mol. The summed E-state index contributed by atoms with van der Waals surface area (Å²) in [6.07, 6.45) is 0.186. The van der Waals surface area contributed by atoms with Gasteiger partial charge >= 0.3 is 5.97 Å². The molecule has 0 spiro atoms. The van der Waals surface area contributed by atoms with Crippen molar-refractivity contribution < 1.29 is 27.1 Å². The molecule has 1 aliphatic rings. The Kier molecular flexibility index (Phi) is 6.00. The lowest BCUT2D eigenvalue weighted by Gasteiger charge is -2.22. The molecule has 150 valence electrons. The van der Waals surface area contributed by atoms with Crippen LogP contribution in [0.4, 0.5) is 4.39 Å². The number of halogens is 1. The van der Waals surface area contributed by atoms with Crippen molar-refractivity contribution in [1.82, 2.24) is 4.31 Å². The number of aryl methyl sites for hydroxylation is 1. The number of esters is 1. The average Bonchev–Trinajstić information content (AvgIpc) is 3.14. The Morgan fingerprint density at radius 1 is 1.18 bits per heavy atom. The predicted octanol–water partition coefficient (Wildman–Crippen LogP) is 2.77. The van der Waals surface area contributed by atoms with Gasteiger partial charge in [0.05, 0.1) is 18.6 Å². The van der Waals surface area contributed by atoms with E-state index < -0.39 is 34.0 Å². The molecule has 0 aliphatic carbocycles. The molecule has 28 heavy (non-hydrogen) atoms. The van der Waals surface area contributed by atoms with E-state index in [0.717, 1.165) is 16.3 Å². The van der Waals surface area contributed by atoms with Crippen molar-refractivity contribution in [2.75, 3.05) is 13.7 Å². The van der Waals surface area contributed by atoms with Crippen molar-refractivity contribution >= 4 is 16.0 Å². The molecule has 1 fully saturated rings. The van der Waals surface area contributed by atoms with Crippen LogP contribution >= 0.6 is 0 Å². The number of hydrogen-bond donors (Lipinski definition) is 0. The van der Waals surface area contributed by atoms with E-state index in [0.29, 0.717) is 0 Å². The van der Waals surface area contributed by atoms with Crippen molar-refractivity contribution in [3.8, 4) is 5.75 Å². The van der Waals surface area contributed by atoms with Crippen molar-refractivity contribution in [3.63, 3.8) is 0 Å². The van der Waals surface area contributed by atoms with E-state index in [4.69, 9.17) is 9.47 Å². The van der Waals surface area contributed by atoms with Gasteiger partial charge in [-0.05, 0) is 36.2 Å². The number of sulfonamides is 1. The highest BCUT2D eigenvalue weighted by Gasteiger charge is 2.45. The molecule has 2 atom stereocenters. The minimum atomic E-state index is -3.94. The van der Waals surface area contributed by atoms with E-state index in [9.17, 15) is 17.6 Å². The summed E-state index contributed by atoms with van der Waals surface area (Å²) < 4.78 is 51.6. The van der Waals surface area contributed by atoms with Gasteiger partial charge in [-0.25, -0.2) is 12.8 Å². The first kappa shape index (κ1) is 20.3. The van der Waals surface area contributed by atoms with Gasteiger partial charge in [0.2, 0.25) is 10.0 Å². The van der Waals surface area contributed by atoms with E-state index in [2.05, 4.69) is 0 Å². The van der Waals surface area contributed by atoms with Crippen LogP contribution in [-0.4, -0.2) is 44.5 Å². The second-order valence-corrected chi connectivity index (χ2v) is 8.41. The Morgan fingerprint density at radius 2 is 1.86 bits per heavy atom. The fraction of sp³-hybridized carbons (Fsp3) is 0.350. The van der Waals surface area contributed by atoms with Gasteiger partial charge in [-0.3, -0.25) is 4.79 Å². The molecule has 0 bridgehead atoms. The zero-order valence-corrected chi connectivity index (χ0v) is 16.5. The van der Waals surface area contributed by atoms with Crippen LogP contribution in [0.5, 0.6) is 5.75 Å². The van der Waals surface area contributed by atoms with Gasteiger partial charge in [0.1, 0.15) is 12.1 Å². The quantitative estimate of drug-likeness (QED) is 0.689. The van der Waals surface area contributed by atoms with Gasteiger partial charge in [-0.1, -0.05) is 31.2 Å². The van der Waals surface area contributed by atoms with Gasteiger partial charge in [0, 0.05) is 6.42 Å². The number of rotatable bonds is 6. The molecular formula is C20H22FNO5S. The third kappa shape index (κ3) is 4.02. The molecule has 2 unspecified atom stereocenters. The van der Waals surface area contributed by atoms with Gasteiger partial charge in [-0.15, -0.1) is 0 Å². The highest BCUT2D eigenvalue weighted by molar-refractivity contribution is 7.89. The first-order valence-electron chi connectivity index (χ1n) is 8.96. The minimum absolute atomic E-state index is 0.0164. The summed E-state index contributed by atoms with van der Waals surface area (Å²) in [6, 6.07) is 11.4. The number of nitrogens with zero attached hydrogens (tertiary/aromatic N) is 1. The van der Waals surface area contributed by atoms with E-state index in [1.165, 1.54) is 37.4 Å². The number of methoxy groups -OCH3 is 1.